The van der Waals surface area contributed by atoms with Crippen molar-refractivity contribution in [3.63, 3.8) is 0 Å². The SMILES string of the molecule is NC(=S)c1cccnc1Nc1ccc(Br)cc1. The van der Waals surface area contributed by atoms with E-state index in [1.54, 1.807) is 12.3 Å². The second kappa shape index (κ2) is 5.25. The highest BCUT2D eigenvalue weighted by Gasteiger charge is 2.05. The molecule has 1 aromatic heterocycles. The molecule has 0 aliphatic carbocycles. The molecule has 2 aromatic rings. The fraction of sp³-hybridized carbons (Fsp3) is 0. The predicted molar refractivity (Wildman–Crippen MR) is 77.5 cm³/mol. The summed E-state index contributed by atoms with van der Waals surface area (Å²) in [7, 11) is 0. The van der Waals surface area contributed by atoms with Crippen molar-refractivity contribution in [1.29, 1.82) is 0 Å². The molecule has 0 bridgehead atoms. The Labute approximate surface area is 113 Å². The van der Waals surface area contributed by atoms with Gasteiger partial charge in [-0.05, 0) is 36.4 Å². The molecular weight excluding hydrogens is 298 g/mol. The van der Waals surface area contributed by atoms with Crippen LogP contribution in [0.3, 0.4) is 0 Å². The second-order valence-electron chi connectivity index (χ2n) is 3.40. The monoisotopic (exact) mass is 307 g/mol. The highest BCUT2D eigenvalue weighted by Crippen LogP contribution is 2.20. The number of benzene rings is 1. The summed E-state index contributed by atoms with van der Waals surface area (Å²) in [6, 6.07) is 11.4. The first-order chi connectivity index (χ1) is 8.16. The van der Waals surface area contributed by atoms with Crippen LogP contribution in [0.4, 0.5) is 11.5 Å². The Morgan fingerprint density at radius 2 is 1.94 bits per heavy atom. The molecule has 3 N–H and O–H groups in total. The van der Waals surface area contributed by atoms with Gasteiger partial charge in [-0.15, -0.1) is 0 Å². The molecule has 0 atom stereocenters. The minimum Gasteiger partial charge on any atom is -0.389 e. The third kappa shape index (κ3) is 3.01. The third-order valence-electron chi connectivity index (χ3n) is 2.18. The Morgan fingerprint density at radius 3 is 2.59 bits per heavy atom. The number of pyridine rings is 1. The summed E-state index contributed by atoms with van der Waals surface area (Å²) in [6.45, 7) is 0. The van der Waals surface area contributed by atoms with E-state index in [0.29, 0.717) is 10.8 Å². The molecule has 0 fully saturated rings. The maximum absolute atomic E-state index is 5.64. The molecule has 3 nitrogen and oxygen atoms in total. The van der Waals surface area contributed by atoms with Crippen molar-refractivity contribution in [3.05, 3.63) is 52.6 Å². The van der Waals surface area contributed by atoms with E-state index in [-0.39, 0.29) is 0 Å². The van der Waals surface area contributed by atoms with Crippen molar-refractivity contribution in [2.75, 3.05) is 5.32 Å². The molecule has 17 heavy (non-hydrogen) atoms. The zero-order valence-corrected chi connectivity index (χ0v) is 11.3. The molecule has 0 spiro atoms. The Balaban J connectivity index is 2.30. The van der Waals surface area contributed by atoms with Crippen molar-refractivity contribution < 1.29 is 0 Å². The van der Waals surface area contributed by atoms with Crippen LogP contribution in [0.5, 0.6) is 0 Å². The normalized spacial score (nSPS) is 9.94. The number of nitrogens with two attached hydrogens (primary N) is 1. The molecule has 86 valence electrons. The van der Waals surface area contributed by atoms with Crippen LogP contribution in [0, 0.1) is 0 Å². The van der Waals surface area contributed by atoms with Gasteiger partial charge in [0.2, 0.25) is 0 Å². The van der Waals surface area contributed by atoms with Gasteiger partial charge in [-0.2, -0.15) is 0 Å². The van der Waals surface area contributed by atoms with Crippen molar-refractivity contribution >= 4 is 44.6 Å². The molecule has 2 rings (SSSR count). The molecule has 0 aliphatic heterocycles. The van der Waals surface area contributed by atoms with Crippen LogP contribution >= 0.6 is 28.1 Å². The highest BCUT2D eigenvalue weighted by molar-refractivity contribution is 9.10. The van der Waals surface area contributed by atoms with Gasteiger partial charge in [0, 0.05) is 16.4 Å². The average Bonchev–Trinajstić information content (AvgIpc) is 2.32. The van der Waals surface area contributed by atoms with Crippen molar-refractivity contribution in [1.82, 2.24) is 4.98 Å². The predicted octanol–water partition coefficient (Wildman–Crippen LogP) is 3.22. The Morgan fingerprint density at radius 1 is 1.24 bits per heavy atom. The molecular formula is C12H10BrN3S. The molecule has 1 heterocycles. The lowest BCUT2D eigenvalue weighted by Crippen LogP contribution is -2.12. The quantitative estimate of drug-likeness (QED) is 0.855. The van der Waals surface area contributed by atoms with E-state index in [4.69, 9.17) is 18.0 Å². The van der Waals surface area contributed by atoms with Crippen LogP contribution in [0.1, 0.15) is 5.56 Å². The van der Waals surface area contributed by atoms with E-state index < -0.39 is 0 Å². The molecule has 1 aromatic carbocycles. The third-order valence-corrected chi connectivity index (χ3v) is 2.93. The first-order valence-electron chi connectivity index (χ1n) is 4.94. The van der Waals surface area contributed by atoms with Crippen LogP contribution < -0.4 is 11.1 Å². The Bertz CT molecular complexity index is 540. The summed E-state index contributed by atoms with van der Waals surface area (Å²) in [4.78, 5) is 4.56. The Hall–Kier alpha value is -1.46. The molecule has 0 aliphatic rings. The zero-order valence-electron chi connectivity index (χ0n) is 8.85. The number of anilines is 2. The van der Waals surface area contributed by atoms with Gasteiger partial charge in [0.15, 0.2) is 0 Å². The maximum Gasteiger partial charge on any atom is 0.140 e. The van der Waals surface area contributed by atoms with Crippen LogP contribution in [-0.2, 0) is 0 Å². The van der Waals surface area contributed by atoms with E-state index in [0.717, 1.165) is 15.7 Å². The lowest BCUT2D eigenvalue weighted by molar-refractivity contribution is 1.30. The fourth-order valence-corrected chi connectivity index (χ4v) is 1.80. The van der Waals surface area contributed by atoms with Crippen molar-refractivity contribution in [2.45, 2.75) is 0 Å². The number of nitrogens with zero attached hydrogens (tertiary/aromatic N) is 1. The maximum atomic E-state index is 5.64. The molecule has 0 unspecified atom stereocenters. The lowest BCUT2D eigenvalue weighted by Gasteiger charge is -2.09. The minimum atomic E-state index is 0.331. The summed E-state index contributed by atoms with van der Waals surface area (Å²) in [5.74, 6) is 0.669. The van der Waals surface area contributed by atoms with Crippen LogP contribution in [0.25, 0.3) is 0 Å². The molecule has 0 amide bonds. The minimum absolute atomic E-state index is 0.331. The van der Waals surface area contributed by atoms with Crippen LogP contribution in [0.2, 0.25) is 0 Å². The molecule has 0 radical (unpaired) electrons. The zero-order chi connectivity index (χ0) is 12.3. The summed E-state index contributed by atoms with van der Waals surface area (Å²) in [5.41, 5.74) is 7.31. The van der Waals surface area contributed by atoms with Gasteiger partial charge >= 0.3 is 0 Å². The largest absolute Gasteiger partial charge is 0.389 e. The van der Waals surface area contributed by atoms with E-state index in [1.165, 1.54) is 0 Å². The number of halogens is 1. The van der Waals surface area contributed by atoms with Gasteiger partial charge in [-0.1, -0.05) is 28.1 Å². The summed E-state index contributed by atoms with van der Waals surface area (Å²) in [5, 5.41) is 3.18. The molecule has 5 heteroatoms. The summed E-state index contributed by atoms with van der Waals surface area (Å²) < 4.78 is 1.03. The summed E-state index contributed by atoms with van der Waals surface area (Å²) in [6.07, 6.45) is 1.70. The highest BCUT2D eigenvalue weighted by atomic mass is 79.9. The van der Waals surface area contributed by atoms with Gasteiger partial charge in [0.1, 0.15) is 10.8 Å². The number of nitrogens with one attached hydrogen (secondary N) is 1. The van der Waals surface area contributed by atoms with Gasteiger partial charge in [-0.3, -0.25) is 0 Å². The number of thiocarbonyl (C=S) groups is 1. The number of hydrogen-bond acceptors (Lipinski definition) is 3. The second-order valence-corrected chi connectivity index (χ2v) is 4.75. The number of aromatic nitrogens is 1. The molecule has 0 saturated carbocycles. The van der Waals surface area contributed by atoms with Gasteiger partial charge in [0.25, 0.3) is 0 Å². The summed E-state index contributed by atoms with van der Waals surface area (Å²) >= 11 is 8.36. The Kier molecular flexibility index (Phi) is 3.71. The lowest BCUT2D eigenvalue weighted by atomic mass is 10.2. The van der Waals surface area contributed by atoms with Gasteiger partial charge < -0.3 is 11.1 Å². The first kappa shape index (κ1) is 12.0. The topological polar surface area (TPSA) is 50.9 Å². The average molecular weight is 308 g/mol. The van der Waals surface area contributed by atoms with Crippen LogP contribution in [0.15, 0.2) is 47.1 Å². The number of rotatable bonds is 3. The number of hydrogen-bond donors (Lipinski definition) is 2. The standard InChI is InChI=1S/C12H10BrN3S/c13-8-3-5-9(6-4-8)16-12-10(11(14)17)2-1-7-15-12/h1-7H,(H2,14,17)(H,15,16). The smallest absolute Gasteiger partial charge is 0.140 e. The first-order valence-corrected chi connectivity index (χ1v) is 6.14. The van der Waals surface area contributed by atoms with Crippen molar-refractivity contribution in [2.24, 2.45) is 5.73 Å². The van der Waals surface area contributed by atoms with Gasteiger partial charge in [-0.25, -0.2) is 4.98 Å². The van der Waals surface area contributed by atoms with E-state index >= 15 is 0 Å². The van der Waals surface area contributed by atoms with E-state index in [9.17, 15) is 0 Å². The van der Waals surface area contributed by atoms with E-state index in [2.05, 4.69) is 26.2 Å². The molecule has 0 saturated heterocycles. The fourth-order valence-electron chi connectivity index (χ4n) is 1.37. The van der Waals surface area contributed by atoms with Crippen molar-refractivity contribution in [3.8, 4) is 0 Å². The van der Waals surface area contributed by atoms with E-state index in [1.807, 2.05) is 30.3 Å². The van der Waals surface area contributed by atoms with Crippen LogP contribution in [-0.4, -0.2) is 9.97 Å². The van der Waals surface area contributed by atoms with Gasteiger partial charge in [0.05, 0.1) is 5.56 Å².